The van der Waals surface area contributed by atoms with Crippen LogP contribution in [0.3, 0.4) is 0 Å². The van der Waals surface area contributed by atoms with Gasteiger partial charge in [-0.1, -0.05) is 35.6 Å². The summed E-state index contributed by atoms with van der Waals surface area (Å²) in [5, 5.41) is 0.575. The first-order valence-electron chi connectivity index (χ1n) is 10.1. The van der Waals surface area contributed by atoms with E-state index in [0.717, 1.165) is 35.1 Å². The minimum Gasteiger partial charge on any atom is -0.379 e. The first-order valence-corrected chi connectivity index (χ1v) is 12.8. The first kappa shape index (κ1) is 21.9. The maximum Gasteiger partial charge on any atom is 0.261 e. The van der Waals surface area contributed by atoms with E-state index in [0.29, 0.717) is 31.4 Å². The maximum atomic E-state index is 13.6. The highest BCUT2D eigenvalue weighted by atomic mass is 32.2. The van der Waals surface area contributed by atoms with Gasteiger partial charge in [-0.05, 0) is 30.7 Å². The number of morpholine rings is 1. The Balaban J connectivity index is 1.73. The van der Waals surface area contributed by atoms with Gasteiger partial charge in [0.2, 0.25) is 0 Å². The van der Waals surface area contributed by atoms with Gasteiger partial charge in [-0.3, -0.25) is 14.6 Å². The summed E-state index contributed by atoms with van der Waals surface area (Å²) in [4.78, 5) is 22.3. The van der Waals surface area contributed by atoms with Gasteiger partial charge < -0.3 is 4.74 Å². The molecular formula is C22H25N3O4S2. The third-order valence-electron chi connectivity index (χ3n) is 5.35. The van der Waals surface area contributed by atoms with E-state index in [1.165, 1.54) is 17.4 Å². The molecule has 164 valence electrons. The van der Waals surface area contributed by atoms with E-state index in [1.807, 2.05) is 25.1 Å². The minimum absolute atomic E-state index is 0.0358. The monoisotopic (exact) mass is 459 g/mol. The molecule has 7 nitrogen and oxygen atoms in total. The smallest absolute Gasteiger partial charge is 0.261 e. The molecule has 0 bridgehead atoms. The number of aryl methyl sites for hydroxylation is 1. The zero-order valence-electron chi connectivity index (χ0n) is 17.6. The molecular weight excluding hydrogens is 434 g/mol. The number of hydrogen-bond acceptors (Lipinski definition) is 7. The average molecular weight is 460 g/mol. The molecule has 4 rings (SSSR count). The zero-order valence-corrected chi connectivity index (χ0v) is 19.2. The topological polar surface area (TPSA) is 79.8 Å². The van der Waals surface area contributed by atoms with Gasteiger partial charge >= 0.3 is 0 Å². The average Bonchev–Trinajstić information content (AvgIpc) is 3.19. The van der Waals surface area contributed by atoms with Gasteiger partial charge in [0.15, 0.2) is 15.0 Å². The third-order valence-corrected chi connectivity index (χ3v) is 7.54. The number of fused-ring (bicyclic) bond motifs is 1. The summed E-state index contributed by atoms with van der Waals surface area (Å²) < 4.78 is 31.0. The van der Waals surface area contributed by atoms with Crippen molar-refractivity contribution in [1.29, 1.82) is 0 Å². The number of sulfone groups is 1. The van der Waals surface area contributed by atoms with Gasteiger partial charge in [-0.15, -0.1) is 0 Å². The molecule has 3 aromatic rings. The van der Waals surface area contributed by atoms with Crippen LogP contribution >= 0.6 is 11.3 Å². The predicted octanol–water partition coefficient (Wildman–Crippen LogP) is 2.99. The van der Waals surface area contributed by atoms with Crippen LogP contribution in [-0.4, -0.2) is 69.9 Å². The Morgan fingerprint density at radius 2 is 1.90 bits per heavy atom. The second-order valence-electron chi connectivity index (χ2n) is 7.60. The summed E-state index contributed by atoms with van der Waals surface area (Å²) in [5.74, 6) is -0.356. The highest BCUT2D eigenvalue weighted by molar-refractivity contribution is 7.90. The van der Waals surface area contributed by atoms with Crippen LogP contribution < -0.4 is 4.90 Å². The molecule has 2 heterocycles. The molecule has 0 unspecified atom stereocenters. The molecule has 0 spiro atoms. The lowest BCUT2D eigenvalue weighted by atomic mass is 10.2. The quantitative estimate of drug-likeness (QED) is 0.564. The van der Waals surface area contributed by atoms with Crippen LogP contribution in [0.5, 0.6) is 0 Å². The standard InChI is InChI=1S/C22H25N3O4S2/c1-16-6-5-8-18-20(16)23-22(30-18)25(11-10-24-12-14-29-15-13-24)21(26)17-7-3-4-9-19(17)31(2,27)28/h3-9H,10-15H2,1-2H3. The lowest BCUT2D eigenvalue weighted by molar-refractivity contribution is 0.0391. The largest absolute Gasteiger partial charge is 0.379 e. The molecule has 2 aromatic carbocycles. The number of nitrogens with zero attached hydrogens (tertiary/aromatic N) is 3. The number of hydrogen-bond donors (Lipinski definition) is 0. The molecule has 31 heavy (non-hydrogen) atoms. The lowest BCUT2D eigenvalue weighted by Crippen LogP contribution is -2.43. The molecule has 1 aromatic heterocycles. The van der Waals surface area contributed by atoms with Gasteiger partial charge in [-0.25, -0.2) is 13.4 Å². The molecule has 0 atom stereocenters. The Bertz CT molecular complexity index is 1200. The first-order chi connectivity index (χ1) is 14.8. The predicted molar refractivity (Wildman–Crippen MR) is 123 cm³/mol. The number of anilines is 1. The number of rotatable bonds is 6. The van der Waals surface area contributed by atoms with Crippen molar-refractivity contribution in [2.24, 2.45) is 0 Å². The van der Waals surface area contributed by atoms with Crippen LogP contribution in [0.4, 0.5) is 5.13 Å². The number of amides is 1. The van der Waals surface area contributed by atoms with Crippen LogP contribution in [0, 0.1) is 6.92 Å². The fourth-order valence-corrected chi connectivity index (χ4v) is 5.60. The summed E-state index contributed by atoms with van der Waals surface area (Å²) in [5.41, 5.74) is 2.07. The normalized spacial score (nSPS) is 15.3. The van der Waals surface area contributed by atoms with Crippen molar-refractivity contribution in [1.82, 2.24) is 9.88 Å². The number of thiazole rings is 1. The molecule has 1 saturated heterocycles. The molecule has 0 N–H and O–H groups in total. The highest BCUT2D eigenvalue weighted by Gasteiger charge is 2.27. The van der Waals surface area contributed by atoms with Gasteiger partial charge in [0.1, 0.15) is 0 Å². The fraction of sp³-hybridized carbons (Fsp3) is 0.364. The number of carbonyl (C=O) groups excluding carboxylic acids is 1. The number of benzene rings is 2. The Hall–Kier alpha value is -2.33. The Labute approximate surface area is 186 Å². The van der Waals surface area contributed by atoms with Crippen molar-refractivity contribution in [2.75, 3.05) is 50.5 Å². The summed E-state index contributed by atoms with van der Waals surface area (Å²) in [7, 11) is -3.55. The second-order valence-corrected chi connectivity index (χ2v) is 10.6. The van der Waals surface area contributed by atoms with E-state index in [-0.39, 0.29) is 16.4 Å². The van der Waals surface area contributed by atoms with E-state index >= 15 is 0 Å². The molecule has 1 amide bonds. The molecule has 0 aliphatic carbocycles. The minimum atomic E-state index is -3.55. The SMILES string of the molecule is Cc1cccc2sc(N(CCN3CCOCC3)C(=O)c3ccccc3S(C)(=O)=O)nc12. The van der Waals surface area contributed by atoms with Gasteiger partial charge in [0.05, 0.1) is 33.9 Å². The Kier molecular flexibility index (Phi) is 6.38. The number of aromatic nitrogens is 1. The van der Waals surface area contributed by atoms with E-state index in [1.54, 1.807) is 23.1 Å². The Morgan fingerprint density at radius 1 is 1.16 bits per heavy atom. The van der Waals surface area contributed by atoms with Gasteiger partial charge in [0.25, 0.3) is 5.91 Å². The summed E-state index contributed by atoms with van der Waals surface area (Å²) in [6.07, 6.45) is 1.12. The van der Waals surface area contributed by atoms with E-state index in [4.69, 9.17) is 9.72 Å². The number of para-hydroxylation sites is 1. The highest BCUT2D eigenvalue weighted by Crippen LogP contribution is 2.32. The zero-order chi connectivity index (χ0) is 22.0. The molecule has 1 fully saturated rings. The van der Waals surface area contributed by atoms with Crippen LogP contribution in [0.25, 0.3) is 10.2 Å². The third kappa shape index (κ3) is 4.79. The van der Waals surface area contributed by atoms with Crippen molar-refractivity contribution in [3.8, 4) is 0 Å². The van der Waals surface area contributed by atoms with E-state index in [2.05, 4.69) is 4.90 Å². The van der Waals surface area contributed by atoms with Gasteiger partial charge in [-0.2, -0.15) is 0 Å². The Morgan fingerprint density at radius 3 is 2.61 bits per heavy atom. The molecule has 1 aliphatic heterocycles. The molecule has 1 aliphatic rings. The van der Waals surface area contributed by atoms with E-state index in [9.17, 15) is 13.2 Å². The molecule has 0 radical (unpaired) electrons. The number of ether oxygens (including phenoxy) is 1. The van der Waals surface area contributed by atoms with Gasteiger partial charge in [0, 0.05) is 32.4 Å². The van der Waals surface area contributed by atoms with Crippen molar-refractivity contribution >= 4 is 42.4 Å². The van der Waals surface area contributed by atoms with Crippen molar-refractivity contribution in [3.05, 3.63) is 53.6 Å². The molecule has 0 saturated carbocycles. The second kappa shape index (κ2) is 9.04. The van der Waals surface area contributed by atoms with Crippen molar-refractivity contribution < 1.29 is 17.9 Å². The fourth-order valence-electron chi connectivity index (χ4n) is 3.65. The van der Waals surface area contributed by atoms with Crippen molar-refractivity contribution in [3.63, 3.8) is 0 Å². The summed E-state index contributed by atoms with van der Waals surface area (Å²) in [6.45, 7) is 6.02. The van der Waals surface area contributed by atoms with Crippen LogP contribution in [0.2, 0.25) is 0 Å². The van der Waals surface area contributed by atoms with Crippen LogP contribution in [-0.2, 0) is 14.6 Å². The number of carbonyl (C=O) groups is 1. The van der Waals surface area contributed by atoms with Crippen LogP contribution in [0.1, 0.15) is 15.9 Å². The maximum absolute atomic E-state index is 13.6. The molecule has 9 heteroatoms. The van der Waals surface area contributed by atoms with Crippen LogP contribution in [0.15, 0.2) is 47.4 Å². The van der Waals surface area contributed by atoms with E-state index < -0.39 is 9.84 Å². The summed E-state index contributed by atoms with van der Waals surface area (Å²) in [6, 6.07) is 12.3. The lowest BCUT2D eigenvalue weighted by Gasteiger charge is -2.29. The van der Waals surface area contributed by atoms with Crippen molar-refractivity contribution in [2.45, 2.75) is 11.8 Å². The summed E-state index contributed by atoms with van der Waals surface area (Å²) >= 11 is 1.44.